The maximum Gasteiger partial charge on any atom is 0.234 e. The lowest BCUT2D eigenvalue weighted by molar-refractivity contribution is -0.126. The third kappa shape index (κ3) is 2.60. The Morgan fingerprint density at radius 1 is 1.14 bits per heavy atom. The van der Waals surface area contributed by atoms with Crippen molar-refractivity contribution in [3.63, 3.8) is 0 Å². The largest absolute Gasteiger partial charge is 0.473 e. The second kappa shape index (κ2) is 6.63. The molecule has 5 rings (SSSR count). The van der Waals surface area contributed by atoms with Crippen LogP contribution in [0.25, 0.3) is 5.69 Å². The number of rotatable bonds is 2. The molecular formula is C23H22ClN3O2. The zero-order valence-electron chi connectivity index (χ0n) is 16.6. The van der Waals surface area contributed by atoms with Gasteiger partial charge in [-0.3, -0.25) is 4.79 Å². The average Bonchev–Trinajstić information content (AvgIpc) is 3.04. The van der Waals surface area contributed by atoms with Gasteiger partial charge in [0.2, 0.25) is 11.8 Å². The third-order valence-corrected chi connectivity index (χ3v) is 6.29. The van der Waals surface area contributed by atoms with E-state index in [0.29, 0.717) is 17.4 Å². The molecule has 0 N–H and O–H groups in total. The zero-order valence-corrected chi connectivity index (χ0v) is 17.3. The van der Waals surface area contributed by atoms with Crippen molar-refractivity contribution in [2.75, 3.05) is 11.4 Å². The number of halogens is 1. The van der Waals surface area contributed by atoms with Crippen molar-refractivity contribution in [2.45, 2.75) is 32.8 Å². The highest BCUT2D eigenvalue weighted by Gasteiger charge is 2.50. The van der Waals surface area contributed by atoms with E-state index in [1.54, 1.807) is 0 Å². The van der Waals surface area contributed by atoms with Gasteiger partial charge in [-0.1, -0.05) is 29.8 Å². The number of amides is 1. The molecule has 1 aromatic heterocycles. The van der Waals surface area contributed by atoms with Crippen LogP contribution in [0.15, 0.2) is 48.5 Å². The minimum Gasteiger partial charge on any atom is -0.473 e. The summed E-state index contributed by atoms with van der Waals surface area (Å²) in [7, 11) is 0. The number of anilines is 1. The summed E-state index contributed by atoms with van der Waals surface area (Å²) < 4.78 is 8.16. The van der Waals surface area contributed by atoms with Gasteiger partial charge in [-0.05, 0) is 56.7 Å². The van der Waals surface area contributed by atoms with Crippen LogP contribution in [0, 0.1) is 12.8 Å². The normalized spacial score (nSPS) is 22.6. The van der Waals surface area contributed by atoms with Crippen LogP contribution >= 0.6 is 11.6 Å². The molecule has 0 fully saturated rings. The first-order chi connectivity index (χ1) is 14.0. The molecule has 0 unspecified atom stereocenters. The summed E-state index contributed by atoms with van der Waals surface area (Å²) in [6, 6.07) is 15.7. The minimum absolute atomic E-state index is 0.0682. The fourth-order valence-corrected chi connectivity index (χ4v) is 4.89. The van der Waals surface area contributed by atoms with Gasteiger partial charge in [0.25, 0.3) is 0 Å². The molecule has 0 radical (unpaired) electrons. The highest BCUT2D eigenvalue weighted by atomic mass is 35.5. The van der Waals surface area contributed by atoms with Crippen LogP contribution in [0.3, 0.4) is 0 Å². The molecule has 3 aromatic rings. The number of para-hydroxylation sites is 1. The predicted octanol–water partition coefficient (Wildman–Crippen LogP) is 4.73. The highest BCUT2D eigenvalue weighted by Crippen LogP contribution is 2.51. The molecule has 0 saturated carbocycles. The fraction of sp³-hybridized carbons (Fsp3) is 0.304. The number of aromatic nitrogens is 2. The summed E-state index contributed by atoms with van der Waals surface area (Å²) in [5.74, 6) is 0.499. The van der Waals surface area contributed by atoms with Crippen LogP contribution in [0.5, 0.6) is 5.88 Å². The van der Waals surface area contributed by atoms with E-state index >= 15 is 0 Å². The van der Waals surface area contributed by atoms with Gasteiger partial charge in [0, 0.05) is 28.7 Å². The lowest BCUT2D eigenvalue weighted by atomic mass is 9.72. The Balaban J connectivity index is 1.74. The van der Waals surface area contributed by atoms with Crippen molar-refractivity contribution in [2.24, 2.45) is 5.92 Å². The summed E-state index contributed by atoms with van der Waals surface area (Å²) in [5, 5.41) is 5.45. The Labute approximate surface area is 174 Å². The molecule has 2 aromatic carbocycles. The maximum atomic E-state index is 13.4. The van der Waals surface area contributed by atoms with Crippen molar-refractivity contribution in [1.29, 1.82) is 0 Å². The van der Waals surface area contributed by atoms with Gasteiger partial charge >= 0.3 is 0 Å². The van der Waals surface area contributed by atoms with Crippen LogP contribution in [0.2, 0.25) is 5.02 Å². The van der Waals surface area contributed by atoms with Gasteiger partial charge in [0.15, 0.2) is 0 Å². The van der Waals surface area contributed by atoms with E-state index in [2.05, 4.69) is 6.07 Å². The van der Waals surface area contributed by atoms with Gasteiger partial charge in [-0.25, -0.2) is 4.68 Å². The predicted molar refractivity (Wildman–Crippen MR) is 113 cm³/mol. The number of hydrogen-bond acceptors (Lipinski definition) is 3. The number of carbonyl (C=O) groups excluding carboxylic acids is 1. The first-order valence-corrected chi connectivity index (χ1v) is 10.3. The van der Waals surface area contributed by atoms with E-state index in [1.807, 2.05) is 72.8 Å². The lowest BCUT2D eigenvalue weighted by Gasteiger charge is -2.44. The third-order valence-electron chi connectivity index (χ3n) is 6.04. The van der Waals surface area contributed by atoms with Crippen LogP contribution in [0.1, 0.15) is 36.6 Å². The Morgan fingerprint density at radius 2 is 1.86 bits per heavy atom. The van der Waals surface area contributed by atoms with Crippen LogP contribution in [-0.4, -0.2) is 28.3 Å². The first-order valence-electron chi connectivity index (χ1n) is 9.93. The molecule has 0 bridgehead atoms. The average molecular weight is 408 g/mol. The number of fused-ring (bicyclic) bond motifs is 5. The molecule has 148 valence electrons. The van der Waals surface area contributed by atoms with Crippen LogP contribution in [0.4, 0.5) is 5.69 Å². The molecule has 29 heavy (non-hydrogen) atoms. The van der Waals surface area contributed by atoms with Crippen molar-refractivity contribution in [3.8, 4) is 11.6 Å². The van der Waals surface area contributed by atoms with Crippen molar-refractivity contribution < 1.29 is 9.53 Å². The van der Waals surface area contributed by atoms with E-state index in [4.69, 9.17) is 21.4 Å². The van der Waals surface area contributed by atoms with Crippen molar-refractivity contribution in [3.05, 3.63) is 70.4 Å². The Kier molecular flexibility index (Phi) is 4.17. The SMILES string of the molecule is CCN1C(=O)[C@H]2[C@@H](c3ccccc31)c1c(C)nn(-c3ccc(Cl)cc3)c1O[C@@H]2C. The number of carbonyl (C=O) groups is 1. The van der Waals surface area contributed by atoms with Crippen molar-refractivity contribution >= 4 is 23.2 Å². The molecular weight excluding hydrogens is 386 g/mol. The molecule has 0 saturated heterocycles. The van der Waals surface area contributed by atoms with Gasteiger partial charge in [0.1, 0.15) is 6.10 Å². The summed E-state index contributed by atoms with van der Waals surface area (Å²) in [6.45, 7) is 6.62. The Hall–Kier alpha value is -2.79. The first kappa shape index (κ1) is 18.3. The van der Waals surface area contributed by atoms with Gasteiger partial charge in [-0.15, -0.1) is 0 Å². The zero-order chi connectivity index (χ0) is 20.3. The minimum atomic E-state index is -0.265. The molecule has 3 heterocycles. The number of ether oxygens (including phenoxy) is 1. The smallest absolute Gasteiger partial charge is 0.234 e. The Morgan fingerprint density at radius 3 is 2.59 bits per heavy atom. The molecule has 2 aliphatic heterocycles. The second-order valence-electron chi connectivity index (χ2n) is 7.66. The van der Waals surface area contributed by atoms with E-state index in [9.17, 15) is 4.79 Å². The van der Waals surface area contributed by atoms with E-state index < -0.39 is 0 Å². The maximum absolute atomic E-state index is 13.4. The summed E-state index contributed by atoms with van der Waals surface area (Å²) in [6.07, 6.45) is -0.260. The van der Waals surface area contributed by atoms with Crippen molar-refractivity contribution in [1.82, 2.24) is 9.78 Å². The summed E-state index contributed by atoms with van der Waals surface area (Å²) in [4.78, 5) is 15.3. The number of nitrogens with zero attached hydrogens (tertiary/aromatic N) is 3. The number of benzene rings is 2. The number of aryl methyl sites for hydroxylation is 1. The van der Waals surface area contributed by atoms with Crippen LogP contribution in [-0.2, 0) is 4.79 Å². The molecule has 1 amide bonds. The van der Waals surface area contributed by atoms with Gasteiger partial charge in [-0.2, -0.15) is 5.10 Å². The van der Waals surface area contributed by atoms with Gasteiger partial charge in [0.05, 0.1) is 17.3 Å². The quantitative estimate of drug-likeness (QED) is 0.617. The topological polar surface area (TPSA) is 47.4 Å². The Bertz CT molecular complexity index is 1110. The molecule has 0 spiro atoms. The molecule has 3 atom stereocenters. The summed E-state index contributed by atoms with van der Waals surface area (Å²) in [5.41, 5.74) is 4.91. The summed E-state index contributed by atoms with van der Waals surface area (Å²) >= 11 is 6.06. The molecule has 5 nitrogen and oxygen atoms in total. The van der Waals surface area contributed by atoms with E-state index in [-0.39, 0.29) is 23.8 Å². The fourth-order valence-electron chi connectivity index (χ4n) is 4.76. The van der Waals surface area contributed by atoms with E-state index in [1.165, 1.54) is 0 Å². The molecule has 0 aliphatic carbocycles. The monoisotopic (exact) mass is 407 g/mol. The van der Waals surface area contributed by atoms with Gasteiger partial charge < -0.3 is 9.64 Å². The molecule has 2 aliphatic rings. The van der Waals surface area contributed by atoms with E-state index in [0.717, 1.165) is 28.2 Å². The lowest BCUT2D eigenvalue weighted by Crippen LogP contribution is -2.50. The number of hydrogen-bond donors (Lipinski definition) is 0. The van der Waals surface area contributed by atoms with Crippen LogP contribution < -0.4 is 9.64 Å². The highest BCUT2D eigenvalue weighted by molar-refractivity contribution is 6.30. The standard InChI is InChI=1S/C23H22ClN3O2/c1-4-26-18-8-6-5-7-17(18)21-19-13(2)25-27(16-11-9-15(24)10-12-16)23(19)29-14(3)20(21)22(26)28/h5-12,14,20-21H,4H2,1-3H3/t14-,20-,21+/m1/s1. The second-order valence-corrected chi connectivity index (χ2v) is 8.10. The molecule has 6 heteroatoms.